The topological polar surface area (TPSA) is 54.4 Å². The van der Waals surface area contributed by atoms with Gasteiger partial charge in [0.15, 0.2) is 5.78 Å². The average molecular weight is 348 g/mol. The zero-order chi connectivity index (χ0) is 17.6. The Balaban J connectivity index is 2.01. The number of hydrogen-bond acceptors (Lipinski definition) is 3. The molecular formula is C21H16O3S. The van der Waals surface area contributed by atoms with Gasteiger partial charge in [-0.3, -0.25) is 4.79 Å². The van der Waals surface area contributed by atoms with Crippen LogP contribution in [0.15, 0.2) is 89.8 Å². The lowest BCUT2D eigenvalue weighted by Crippen LogP contribution is -2.11. The molecule has 25 heavy (non-hydrogen) atoms. The Morgan fingerprint density at radius 3 is 1.96 bits per heavy atom. The number of carboxylic acids is 1. The number of benzene rings is 3. The summed E-state index contributed by atoms with van der Waals surface area (Å²) in [6, 6.07) is 25.3. The van der Waals surface area contributed by atoms with Gasteiger partial charge in [0.1, 0.15) is 0 Å². The van der Waals surface area contributed by atoms with Crippen LogP contribution in [0.4, 0.5) is 0 Å². The minimum Gasteiger partial charge on any atom is -0.478 e. The minimum atomic E-state index is -0.998. The van der Waals surface area contributed by atoms with Crippen LogP contribution in [0, 0.1) is 0 Å². The molecule has 0 bridgehead atoms. The molecule has 0 saturated carbocycles. The van der Waals surface area contributed by atoms with E-state index in [2.05, 4.69) is 0 Å². The second kappa shape index (κ2) is 7.81. The summed E-state index contributed by atoms with van der Waals surface area (Å²) in [6.45, 7) is 0. The van der Waals surface area contributed by atoms with Crippen LogP contribution in [0.1, 0.15) is 31.5 Å². The number of aromatic carboxylic acids is 1. The summed E-state index contributed by atoms with van der Waals surface area (Å²) in [7, 11) is 0. The fourth-order valence-electron chi connectivity index (χ4n) is 2.53. The van der Waals surface area contributed by atoms with Gasteiger partial charge in [-0.15, -0.1) is 11.8 Å². The summed E-state index contributed by atoms with van der Waals surface area (Å²) in [4.78, 5) is 25.1. The maximum atomic E-state index is 13.1. The fourth-order valence-corrected chi connectivity index (χ4v) is 3.76. The molecule has 0 spiro atoms. The molecule has 0 heterocycles. The first-order valence-electron chi connectivity index (χ1n) is 7.80. The number of carbonyl (C=O) groups is 2. The van der Waals surface area contributed by atoms with E-state index in [-0.39, 0.29) is 11.3 Å². The Kier molecular flexibility index (Phi) is 5.31. The standard InChI is InChI=1S/C21H16O3S/c22-19(15-9-3-1-4-10-15)20(16-11-5-2-6-12-16)25-18-14-8-7-13-17(18)21(23)24/h1-14,20H,(H,23,24)/t20-/m0/s1. The molecule has 0 aliphatic rings. The number of hydrogen-bond donors (Lipinski definition) is 1. The third kappa shape index (κ3) is 3.98. The van der Waals surface area contributed by atoms with Gasteiger partial charge in [-0.25, -0.2) is 4.79 Å². The average Bonchev–Trinajstić information content (AvgIpc) is 2.67. The van der Waals surface area contributed by atoms with Crippen LogP contribution < -0.4 is 0 Å². The van der Waals surface area contributed by atoms with Crippen molar-refractivity contribution in [1.29, 1.82) is 0 Å². The lowest BCUT2D eigenvalue weighted by atomic mass is 10.0. The van der Waals surface area contributed by atoms with Gasteiger partial charge in [0.2, 0.25) is 0 Å². The summed E-state index contributed by atoms with van der Waals surface area (Å²) in [5.41, 5.74) is 1.66. The van der Waals surface area contributed by atoms with Crippen molar-refractivity contribution in [2.24, 2.45) is 0 Å². The van der Waals surface area contributed by atoms with Gasteiger partial charge in [0.25, 0.3) is 0 Å². The number of carboxylic acid groups (broad SMARTS) is 1. The van der Waals surface area contributed by atoms with Crippen molar-refractivity contribution < 1.29 is 14.7 Å². The Labute approximate surface area is 150 Å². The predicted octanol–water partition coefficient (Wildman–Crippen LogP) is 5.10. The molecule has 124 valence electrons. The maximum Gasteiger partial charge on any atom is 0.336 e. The van der Waals surface area contributed by atoms with Crippen LogP contribution in [0.25, 0.3) is 0 Å². The first kappa shape index (κ1) is 17.0. The van der Waals surface area contributed by atoms with Crippen LogP contribution in [-0.4, -0.2) is 16.9 Å². The second-order valence-electron chi connectivity index (χ2n) is 5.44. The second-order valence-corrected chi connectivity index (χ2v) is 6.59. The highest BCUT2D eigenvalue weighted by Gasteiger charge is 2.25. The molecule has 0 unspecified atom stereocenters. The molecule has 0 amide bonds. The zero-order valence-corrected chi connectivity index (χ0v) is 14.1. The summed E-state index contributed by atoms with van der Waals surface area (Å²) >= 11 is 1.27. The lowest BCUT2D eigenvalue weighted by molar-refractivity contribution is 0.0692. The summed E-state index contributed by atoms with van der Waals surface area (Å²) in [5, 5.41) is 8.90. The molecule has 3 aromatic carbocycles. The molecule has 3 rings (SSSR count). The number of carbonyl (C=O) groups excluding carboxylic acids is 1. The first-order chi connectivity index (χ1) is 12.2. The van der Waals surface area contributed by atoms with E-state index >= 15 is 0 Å². The monoisotopic (exact) mass is 348 g/mol. The molecule has 0 radical (unpaired) electrons. The van der Waals surface area contributed by atoms with E-state index in [0.717, 1.165) is 5.56 Å². The Morgan fingerprint density at radius 1 is 0.760 bits per heavy atom. The van der Waals surface area contributed by atoms with Gasteiger partial charge in [-0.05, 0) is 17.7 Å². The summed E-state index contributed by atoms with van der Waals surface area (Å²) in [6.07, 6.45) is 0. The van der Waals surface area contributed by atoms with Gasteiger partial charge in [0, 0.05) is 10.5 Å². The molecule has 3 nitrogen and oxygen atoms in total. The van der Waals surface area contributed by atoms with Gasteiger partial charge in [-0.1, -0.05) is 72.8 Å². The van der Waals surface area contributed by atoms with Crippen molar-refractivity contribution in [1.82, 2.24) is 0 Å². The van der Waals surface area contributed by atoms with E-state index in [9.17, 15) is 14.7 Å². The molecule has 0 aromatic heterocycles. The van der Waals surface area contributed by atoms with Crippen LogP contribution in [-0.2, 0) is 0 Å². The Bertz CT molecular complexity index is 876. The van der Waals surface area contributed by atoms with E-state index in [1.807, 2.05) is 48.5 Å². The highest BCUT2D eigenvalue weighted by molar-refractivity contribution is 8.00. The van der Waals surface area contributed by atoms with Crippen molar-refractivity contribution in [3.8, 4) is 0 Å². The number of rotatable bonds is 6. The van der Waals surface area contributed by atoms with Gasteiger partial charge in [-0.2, -0.15) is 0 Å². The SMILES string of the molecule is O=C(O)c1ccccc1S[C@H](C(=O)c1ccccc1)c1ccccc1. The predicted molar refractivity (Wildman–Crippen MR) is 99.2 cm³/mol. The highest BCUT2D eigenvalue weighted by Crippen LogP contribution is 2.39. The van der Waals surface area contributed by atoms with E-state index in [1.165, 1.54) is 11.8 Å². The number of thioether (sulfide) groups is 1. The van der Waals surface area contributed by atoms with Crippen molar-refractivity contribution in [3.05, 3.63) is 102 Å². The van der Waals surface area contributed by atoms with Crippen LogP contribution in [0.3, 0.4) is 0 Å². The van der Waals surface area contributed by atoms with E-state index in [4.69, 9.17) is 0 Å². The lowest BCUT2D eigenvalue weighted by Gasteiger charge is -2.17. The molecule has 0 aliphatic heterocycles. The smallest absolute Gasteiger partial charge is 0.336 e. The molecule has 1 atom stereocenters. The normalized spacial score (nSPS) is 11.7. The van der Waals surface area contributed by atoms with Crippen molar-refractivity contribution in [2.45, 2.75) is 10.1 Å². The van der Waals surface area contributed by atoms with Crippen molar-refractivity contribution in [3.63, 3.8) is 0 Å². The molecule has 4 heteroatoms. The summed E-state index contributed by atoms with van der Waals surface area (Å²) < 4.78 is 0. The van der Waals surface area contributed by atoms with E-state index in [0.29, 0.717) is 10.5 Å². The van der Waals surface area contributed by atoms with Crippen LogP contribution >= 0.6 is 11.8 Å². The van der Waals surface area contributed by atoms with Gasteiger partial charge < -0.3 is 5.11 Å². The van der Waals surface area contributed by atoms with E-state index < -0.39 is 11.2 Å². The minimum absolute atomic E-state index is 0.0445. The van der Waals surface area contributed by atoms with Crippen molar-refractivity contribution in [2.75, 3.05) is 0 Å². The molecule has 0 aliphatic carbocycles. The number of Topliss-reactive ketones (excluding diaryl/α,β-unsaturated/α-hetero) is 1. The first-order valence-corrected chi connectivity index (χ1v) is 8.68. The third-order valence-electron chi connectivity index (χ3n) is 3.76. The van der Waals surface area contributed by atoms with Crippen LogP contribution in [0.2, 0.25) is 0 Å². The van der Waals surface area contributed by atoms with Crippen molar-refractivity contribution >= 4 is 23.5 Å². The van der Waals surface area contributed by atoms with Gasteiger partial charge in [0.05, 0.1) is 10.8 Å². The summed E-state index contributed by atoms with van der Waals surface area (Å²) in [5.74, 6) is -1.04. The molecular weight excluding hydrogens is 332 g/mol. The molecule has 0 saturated heterocycles. The van der Waals surface area contributed by atoms with Crippen LogP contribution in [0.5, 0.6) is 0 Å². The largest absolute Gasteiger partial charge is 0.478 e. The third-order valence-corrected chi connectivity index (χ3v) is 5.09. The number of ketones is 1. The quantitative estimate of drug-likeness (QED) is 0.497. The maximum absolute atomic E-state index is 13.1. The molecule has 1 N–H and O–H groups in total. The zero-order valence-electron chi connectivity index (χ0n) is 13.3. The highest BCUT2D eigenvalue weighted by atomic mass is 32.2. The fraction of sp³-hybridized carbons (Fsp3) is 0.0476. The van der Waals surface area contributed by atoms with E-state index in [1.54, 1.807) is 36.4 Å². The molecule has 0 fully saturated rings. The van der Waals surface area contributed by atoms with Gasteiger partial charge >= 0.3 is 5.97 Å². The Hall–Kier alpha value is -2.85. The Morgan fingerprint density at radius 2 is 1.32 bits per heavy atom. The molecule has 3 aromatic rings.